The van der Waals surface area contributed by atoms with Crippen LogP contribution in [0.5, 0.6) is 5.75 Å². The first-order valence-corrected chi connectivity index (χ1v) is 10.9. The van der Waals surface area contributed by atoms with Gasteiger partial charge in [0.2, 0.25) is 0 Å². The van der Waals surface area contributed by atoms with Crippen molar-refractivity contribution in [2.45, 2.75) is 26.2 Å². The van der Waals surface area contributed by atoms with Crippen molar-refractivity contribution in [2.24, 2.45) is 12.8 Å². The van der Waals surface area contributed by atoms with E-state index in [0.29, 0.717) is 12.3 Å². The molecule has 33 heavy (non-hydrogen) atoms. The summed E-state index contributed by atoms with van der Waals surface area (Å²) in [5.74, 6) is 0.372. The average Bonchev–Trinajstić information content (AvgIpc) is 3.24. The Bertz CT molecular complexity index is 1210. The molecule has 4 aromatic rings. The molecule has 1 aromatic heterocycles. The number of carbonyl (C=O) groups excluding carboxylic acids is 1. The summed E-state index contributed by atoms with van der Waals surface area (Å²) in [5.41, 5.74) is 11.5. The molecule has 5 nitrogen and oxygen atoms in total. The van der Waals surface area contributed by atoms with Crippen LogP contribution in [0.4, 0.5) is 0 Å². The topological polar surface area (TPSA) is 66.5 Å². The lowest BCUT2D eigenvalue weighted by Crippen LogP contribution is -2.09. The summed E-state index contributed by atoms with van der Waals surface area (Å²) in [6, 6.07) is 27.3. The van der Waals surface area contributed by atoms with Crippen molar-refractivity contribution in [1.29, 1.82) is 0 Å². The van der Waals surface area contributed by atoms with E-state index >= 15 is 0 Å². The molecule has 4 rings (SSSR count). The first-order valence-electron chi connectivity index (χ1n) is 10.9. The molecule has 0 fully saturated rings. The van der Waals surface area contributed by atoms with Crippen LogP contribution in [-0.4, -0.2) is 10.5 Å². The monoisotopic (exact) mass is 440 g/mol. The number of hydrogen-bond acceptors (Lipinski definition) is 4. The second-order valence-electron chi connectivity index (χ2n) is 8.14. The molecule has 0 unspecified atom stereocenters. The Kier molecular flexibility index (Phi) is 6.91. The molecular formula is C28H28N2O3. The number of esters is 1. The van der Waals surface area contributed by atoms with Gasteiger partial charge < -0.3 is 19.8 Å². The molecule has 0 aliphatic heterocycles. The number of aryl methyl sites for hydroxylation is 1. The standard InChI is InChI=1S/C28H28N2O3/c1-20(29)23-13-24(15-26(14-23)32-18-21-9-5-3-6-10-21)25-16-27(30(2)17-25)28(31)33-19-22-11-7-4-8-12-22/h3-17,20H,18-19,29H2,1-2H3/t20-/m1/s1. The third-order valence-corrected chi connectivity index (χ3v) is 5.46. The molecule has 0 spiro atoms. The summed E-state index contributed by atoms with van der Waals surface area (Å²) < 4.78 is 13.4. The molecule has 1 heterocycles. The highest BCUT2D eigenvalue weighted by atomic mass is 16.5. The van der Waals surface area contributed by atoms with Crippen LogP contribution >= 0.6 is 0 Å². The van der Waals surface area contributed by atoms with Crippen molar-refractivity contribution < 1.29 is 14.3 Å². The molecule has 0 saturated heterocycles. The number of nitrogens with zero attached hydrogens (tertiary/aromatic N) is 1. The van der Waals surface area contributed by atoms with Gasteiger partial charge in [-0.3, -0.25) is 0 Å². The maximum atomic E-state index is 12.7. The zero-order valence-electron chi connectivity index (χ0n) is 18.9. The fourth-order valence-electron chi connectivity index (χ4n) is 3.60. The van der Waals surface area contributed by atoms with Crippen molar-refractivity contribution in [3.05, 3.63) is 114 Å². The number of rotatable bonds is 8. The molecule has 0 amide bonds. The maximum Gasteiger partial charge on any atom is 0.355 e. The Hall–Kier alpha value is -3.83. The molecule has 1 atom stereocenters. The minimum Gasteiger partial charge on any atom is -0.489 e. The number of benzene rings is 3. The summed E-state index contributed by atoms with van der Waals surface area (Å²) in [5, 5.41) is 0. The molecule has 0 bridgehead atoms. The second-order valence-corrected chi connectivity index (χ2v) is 8.14. The molecule has 0 saturated carbocycles. The molecule has 3 aromatic carbocycles. The third-order valence-electron chi connectivity index (χ3n) is 5.46. The Balaban J connectivity index is 1.55. The van der Waals surface area contributed by atoms with E-state index in [0.717, 1.165) is 33.6 Å². The van der Waals surface area contributed by atoms with Gasteiger partial charge in [-0.05, 0) is 53.4 Å². The highest BCUT2D eigenvalue weighted by Gasteiger charge is 2.16. The van der Waals surface area contributed by atoms with Gasteiger partial charge >= 0.3 is 5.97 Å². The Labute approximate surface area is 194 Å². The maximum absolute atomic E-state index is 12.7. The summed E-state index contributed by atoms with van der Waals surface area (Å²) in [4.78, 5) is 12.7. The van der Waals surface area contributed by atoms with Crippen molar-refractivity contribution >= 4 is 5.97 Å². The van der Waals surface area contributed by atoms with Gasteiger partial charge in [0.05, 0.1) is 0 Å². The molecule has 0 aliphatic carbocycles. The van der Waals surface area contributed by atoms with Crippen LogP contribution in [-0.2, 0) is 25.0 Å². The first-order chi connectivity index (χ1) is 16.0. The molecule has 2 N–H and O–H groups in total. The minimum atomic E-state index is -0.364. The van der Waals surface area contributed by atoms with Crippen molar-refractivity contribution in [3.63, 3.8) is 0 Å². The van der Waals surface area contributed by atoms with Gasteiger partial charge in [0.1, 0.15) is 24.7 Å². The normalized spacial score (nSPS) is 11.7. The highest BCUT2D eigenvalue weighted by Crippen LogP contribution is 2.30. The number of hydrogen-bond donors (Lipinski definition) is 1. The van der Waals surface area contributed by atoms with E-state index in [1.165, 1.54) is 0 Å². The van der Waals surface area contributed by atoms with Crippen LogP contribution in [0.1, 0.15) is 40.1 Å². The zero-order valence-corrected chi connectivity index (χ0v) is 18.9. The predicted octanol–water partition coefficient (Wildman–Crippen LogP) is 5.65. The molecule has 5 heteroatoms. The van der Waals surface area contributed by atoms with E-state index in [-0.39, 0.29) is 18.6 Å². The van der Waals surface area contributed by atoms with Crippen LogP contribution in [0.25, 0.3) is 11.1 Å². The Morgan fingerprint density at radius 1 is 0.879 bits per heavy atom. The third kappa shape index (κ3) is 5.70. The molecule has 0 radical (unpaired) electrons. The van der Waals surface area contributed by atoms with Crippen LogP contribution in [0.2, 0.25) is 0 Å². The Morgan fingerprint density at radius 3 is 2.15 bits per heavy atom. The van der Waals surface area contributed by atoms with E-state index in [4.69, 9.17) is 15.2 Å². The van der Waals surface area contributed by atoms with Crippen LogP contribution < -0.4 is 10.5 Å². The number of carbonyl (C=O) groups is 1. The van der Waals surface area contributed by atoms with Gasteiger partial charge in [0.15, 0.2) is 0 Å². The molecule has 168 valence electrons. The van der Waals surface area contributed by atoms with E-state index in [9.17, 15) is 4.79 Å². The lowest BCUT2D eigenvalue weighted by Gasteiger charge is -2.13. The fourth-order valence-corrected chi connectivity index (χ4v) is 3.60. The summed E-state index contributed by atoms with van der Waals surface area (Å²) in [6.07, 6.45) is 1.92. The minimum absolute atomic E-state index is 0.150. The van der Waals surface area contributed by atoms with Gasteiger partial charge in [-0.15, -0.1) is 0 Å². The van der Waals surface area contributed by atoms with Gasteiger partial charge in [0, 0.05) is 24.8 Å². The SMILES string of the molecule is C[C@@H](N)c1cc(OCc2ccccc2)cc(-c2cc(C(=O)OCc3ccccc3)n(C)c2)c1. The number of aromatic nitrogens is 1. The predicted molar refractivity (Wildman–Crippen MR) is 130 cm³/mol. The summed E-state index contributed by atoms with van der Waals surface area (Å²) >= 11 is 0. The van der Waals surface area contributed by atoms with Gasteiger partial charge in [-0.2, -0.15) is 0 Å². The fraction of sp³-hybridized carbons (Fsp3) is 0.179. The second kappa shape index (κ2) is 10.2. The summed E-state index contributed by atoms with van der Waals surface area (Å²) in [7, 11) is 1.84. The van der Waals surface area contributed by atoms with Crippen molar-refractivity contribution in [2.75, 3.05) is 0 Å². The van der Waals surface area contributed by atoms with Gasteiger partial charge in [-0.1, -0.05) is 60.7 Å². The lowest BCUT2D eigenvalue weighted by atomic mass is 10.0. The summed E-state index contributed by atoms with van der Waals surface area (Å²) in [6.45, 7) is 2.64. The van der Waals surface area contributed by atoms with E-state index in [2.05, 4.69) is 0 Å². The van der Waals surface area contributed by atoms with Crippen LogP contribution in [0, 0.1) is 0 Å². The van der Waals surface area contributed by atoms with Crippen molar-refractivity contribution in [1.82, 2.24) is 4.57 Å². The first kappa shape index (κ1) is 22.4. The van der Waals surface area contributed by atoms with E-state index in [1.807, 2.05) is 105 Å². The van der Waals surface area contributed by atoms with Crippen LogP contribution in [0.15, 0.2) is 91.1 Å². The smallest absolute Gasteiger partial charge is 0.355 e. The van der Waals surface area contributed by atoms with Crippen molar-refractivity contribution in [3.8, 4) is 16.9 Å². The molecular weight excluding hydrogens is 412 g/mol. The average molecular weight is 441 g/mol. The number of nitrogens with two attached hydrogens (primary N) is 1. The molecule has 0 aliphatic rings. The highest BCUT2D eigenvalue weighted by molar-refractivity contribution is 5.90. The Morgan fingerprint density at radius 2 is 1.52 bits per heavy atom. The quantitative estimate of drug-likeness (QED) is 0.360. The van der Waals surface area contributed by atoms with Crippen LogP contribution in [0.3, 0.4) is 0 Å². The van der Waals surface area contributed by atoms with Gasteiger partial charge in [0.25, 0.3) is 0 Å². The van der Waals surface area contributed by atoms with E-state index < -0.39 is 0 Å². The largest absolute Gasteiger partial charge is 0.489 e. The number of ether oxygens (including phenoxy) is 2. The van der Waals surface area contributed by atoms with Gasteiger partial charge in [-0.25, -0.2) is 4.79 Å². The van der Waals surface area contributed by atoms with E-state index in [1.54, 1.807) is 4.57 Å². The lowest BCUT2D eigenvalue weighted by molar-refractivity contribution is 0.0461. The zero-order chi connectivity index (χ0) is 23.2.